The molecular weight excluding hydrogens is 364 g/mol. The van der Waals surface area contributed by atoms with E-state index in [1.54, 1.807) is 36.6 Å². The molecule has 1 aliphatic rings. The molecule has 1 unspecified atom stereocenters. The van der Waals surface area contributed by atoms with Crippen molar-refractivity contribution in [3.63, 3.8) is 0 Å². The molecule has 25 heavy (non-hydrogen) atoms. The van der Waals surface area contributed by atoms with Gasteiger partial charge in [-0.05, 0) is 37.6 Å². The lowest BCUT2D eigenvalue weighted by Crippen LogP contribution is -2.42. The van der Waals surface area contributed by atoms with Crippen LogP contribution in [0.4, 0.5) is 0 Å². The predicted octanol–water partition coefficient (Wildman–Crippen LogP) is 1.06. The largest absolute Gasteiger partial charge is 0.328 e. The Balaban J connectivity index is 0.00000225. The lowest BCUT2D eigenvalue weighted by molar-refractivity contribution is 0.335. The Labute approximate surface area is 154 Å². The topological polar surface area (TPSA) is 76.3 Å². The summed E-state index contributed by atoms with van der Waals surface area (Å²) in [6.45, 7) is 4.01. The average Bonchev–Trinajstić information content (AvgIpc) is 3.16. The summed E-state index contributed by atoms with van der Waals surface area (Å²) in [4.78, 5) is 12.3. The molecule has 0 radical (unpaired) electrons. The van der Waals surface area contributed by atoms with Gasteiger partial charge in [-0.15, -0.1) is 12.4 Å². The van der Waals surface area contributed by atoms with E-state index in [2.05, 4.69) is 5.32 Å². The normalized spacial score (nSPS) is 18.0. The summed E-state index contributed by atoms with van der Waals surface area (Å²) >= 11 is 0. The zero-order chi connectivity index (χ0) is 17.5. The van der Waals surface area contributed by atoms with E-state index < -0.39 is 10.0 Å². The fourth-order valence-corrected chi connectivity index (χ4v) is 5.15. The van der Waals surface area contributed by atoms with Gasteiger partial charge >= 0.3 is 5.69 Å². The van der Waals surface area contributed by atoms with Crippen molar-refractivity contribution in [2.75, 3.05) is 19.6 Å². The summed E-state index contributed by atoms with van der Waals surface area (Å²) < 4.78 is 30.9. The molecule has 140 valence electrons. The number of halogens is 1. The first-order valence-electron chi connectivity index (χ1n) is 8.26. The third-order valence-electron chi connectivity index (χ3n) is 4.74. The van der Waals surface area contributed by atoms with E-state index in [4.69, 9.17) is 0 Å². The molecule has 0 aliphatic carbocycles. The van der Waals surface area contributed by atoms with Crippen LogP contribution < -0.4 is 11.0 Å². The molecule has 1 aromatic carbocycles. The second-order valence-electron chi connectivity index (χ2n) is 6.31. The molecule has 7 nitrogen and oxygen atoms in total. The lowest BCUT2D eigenvalue weighted by atomic mass is 10.2. The van der Waals surface area contributed by atoms with Crippen LogP contribution in [0.2, 0.25) is 0 Å². The first-order chi connectivity index (χ1) is 11.4. The highest BCUT2D eigenvalue weighted by atomic mass is 35.5. The molecule has 0 saturated carbocycles. The molecule has 3 rings (SSSR count). The smallest absolute Gasteiger partial charge is 0.315 e. The van der Waals surface area contributed by atoms with E-state index in [-0.39, 0.29) is 29.0 Å². The molecule has 1 N–H and O–H groups in total. The van der Waals surface area contributed by atoms with Gasteiger partial charge in [0.15, 0.2) is 0 Å². The Morgan fingerprint density at radius 2 is 1.92 bits per heavy atom. The molecule has 1 aliphatic heterocycles. The number of fused-ring (bicyclic) bond motifs is 1. The molecule has 2 aromatic rings. The second-order valence-corrected chi connectivity index (χ2v) is 8.20. The van der Waals surface area contributed by atoms with Gasteiger partial charge in [0.2, 0.25) is 10.0 Å². The van der Waals surface area contributed by atoms with E-state index in [1.807, 2.05) is 6.92 Å². The number of nitrogens with zero attached hydrogens (tertiary/aromatic N) is 3. The van der Waals surface area contributed by atoms with E-state index >= 15 is 0 Å². The van der Waals surface area contributed by atoms with Crippen LogP contribution in [-0.2, 0) is 24.1 Å². The number of aromatic nitrogens is 2. The number of hydrogen-bond donors (Lipinski definition) is 1. The van der Waals surface area contributed by atoms with Crippen molar-refractivity contribution in [1.29, 1.82) is 0 Å². The first kappa shape index (κ1) is 20.0. The van der Waals surface area contributed by atoms with Crippen LogP contribution in [0.25, 0.3) is 11.0 Å². The molecule has 1 fully saturated rings. The Morgan fingerprint density at radius 1 is 1.24 bits per heavy atom. The fraction of sp³-hybridized carbons (Fsp3) is 0.562. The lowest BCUT2D eigenvalue weighted by Gasteiger charge is -2.27. The molecule has 0 bridgehead atoms. The highest BCUT2D eigenvalue weighted by Crippen LogP contribution is 2.24. The van der Waals surface area contributed by atoms with E-state index in [9.17, 15) is 13.2 Å². The van der Waals surface area contributed by atoms with Crippen molar-refractivity contribution in [1.82, 2.24) is 18.8 Å². The van der Waals surface area contributed by atoms with Gasteiger partial charge in [0.05, 0.1) is 15.9 Å². The average molecular weight is 389 g/mol. The molecule has 9 heteroatoms. The SMILES string of the molecule is CCCN(C1CCNC1)S(=O)(=O)c1ccc2c(c1)n(C)c(=O)n2C.Cl. The van der Waals surface area contributed by atoms with Crippen molar-refractivity contribution >= 4 is 33.5 Å². The highest BCUT2D eigenvalue weighted by Gasteiger charge is 2.32. The van der Waals surface area contributed by atoms with Gasteiger partial charge in [0, 0.05) is 33.2 Å². The minimum absolute atomic E-state index is 0. The molecule has 0 spiro atoms. The van der Waals surface area contributed by atoms with Gasteiger partial charge in [0.1, 0.15) is 0 Å². The van der Waals surface area contributed by atoms with Crippen LogP contribution in [0.15, 0.2) is 27.9 Å². The zero-order valence-electron chi connectivity index (χ0n) is 14.7. The fourth-order valence-electron chi connectivity index (χ4n) is 3.39. The molecule has 1 aromatic heterocycles. The maximum Gasteiger partial charge on any atom is 0.328 e. The van der Waals surface area contributed by atoms with Crippen molar-refractivity contribution in [2.45, 2.75) is 30.7 Å². The minimum atomic E-state index is -3.59. The van der Waals surface area contributed by atoms with Gasteiger partial charge in [0.25, 0.3) is 0 Å². The van der Waals surface area contributed by atoms with Crippen molar-refractivity contribution in [3.8, 4) is 0 Å². The third kappa shape index (κ3) is 3.36. The Bertz CT molecular complexity index is 913. The van der Waals surface area contributed by atoms with Crippen LogP contribution >= 0.6 is 12.4 Å². The van der Waals surface area contributed by atoms with E-state index in [0.717, 1.165) is 24.9 Å². The number of aryl methyl sites for hydroxylation is 2. The summed E-state index contributed by atoms with van der Waals surface area (Å²) in [5, 5.41) is 3.23. The number of hydrogen-bond acceptors (Lipinski definition) is 4. The highest BCUT2D eigenvalue weighted by molar-refractivity contribution is 7.89. The summed E-state index contributed by atoms with van der Waals surface area (Å²) in [6.07, 6.45) is 1.59. The Morgan fingerprint density at radius 3 is 2.52 bits per heavy atom. The maximum absolute atomic E-state index is 13.2. The van der Waals surface area contributed by atoms with Crippen LogP contribution in [0.3, 0.4) is 0 Å². The first-order valence-corrected chi connectivity index (χ1v) is 9.70. The van der Waals surface area contributed by atoms with Crippen molar-refractivity contribution in [2.24, 2.45) is 14.1 Å². The standard InChI is InChI=1S/C16H24N4O3S.ClH/c1-4-9-20(12-7-8-17-11-12)24(22,23)13-5-6-14-15(10-13)19(3)16(21)18(14)2;/h5-6,10,12,17H,4,7-9,11H2,1-3H3;1H. The Hall–Kier alpha value is -1.35. The maximum atomic E-state index is 13.2. The third-order valence-corrected chi connectivity index (χ3v) is 6.68. The molecule has 0 amide bonds. The summed E-state index contributed by atoms with van der Waals surface area (Å²) in [7, 11) is -0.244. The number of benzene rings is 1. The quantitative estimate of drug-likeness (QED) is 0.831. The summed E-state index contributed by atoms with van der Waals surface area (Å²) in [5.41, 5.74) is 1.19. The summed E-state index contributed by atoms with van der Waals surface area (Å²) in [5.74, 6) is 0. The monoisotopic (exact) mass is 388 g/mol. The van der Waals surface area contributed by atoms with Gasteiger partial charge in [-0.3, -0.25) is 9.13 Å². The van der Waals surface area contributed by atoms with E-state index in [1.165, 1.54) is 9.13 Å². The van der Waals surface area contributed by atoms with Crippen LogP contribution in [-0.4, -0.2) is 47.5 Å². The summed E-state index contributed by atoms with van der Waals surface area (Å²) in [6, 6.07) is 4.91. The van der Waals surface area contributed by atoms with Crippen LogP contribution in [0, 0.1) is 0 Å². The Kier molecular flexibility index (Phi) is 5.98. The van der Waals surface area contributed by atoms with Crippen LogP contribution in [0.5, 0.6) is 0 Å². The number of rotatable bonds is 5. The van der Waals surface area contributed by atoms with Gasteiger partial charge in [-0.2, -0.15) is 4.31 Å². The zero-order valence-corrected chi connectivity index (χ0v) is 16.4. The van der Waals surface area contributed by atoms with Gasteiger partial charge < -0.3 is 5.32 Å². The second kappa shape index (κ2) is 7.49. The number of imidazole rings is 1. The molecular formula is C16H25ClN4O3S. The van der Waals surface area contributed by atoms with Crippen molar-refractivity contribution < 1.29 is 8.42 Å². The molecule has 1 atom stereocenters. The predicted molar refractivity (Wildman–Crippen MR) is 101 cm³/mol. The van der Waals surface area contributed by atoms with Crippen LogP contribution in [0.1, 0.15) is 19.8 Å². The number of nitrogens with one attached hydrogen (secondary N) is 1. The van der Waals surface area contributed by atoms with Crippen molar-refractivity contribution in [3.05, 3.63) is 28.7 Å². The van der Waals surface area contributed by atoms with Gasteiger partial charge in [-0.25, -0.2) is 13.2 Å². The molecule has 1 saturated heterocycles. The molecule has 2 heterocycles. The minimum Gasteiger partial charge on any atom is -0.315 e. The van der Waals surface area contributed by atoms with Gasteiger partial charge in [-0.1, -0.05) is 6.92 Å². The van der Waals surface area contributed by atoms with E-state index in [0.29, 0.717) is 18.6 Å². The number of sulfonamides is 1.